The second-order valence-corrected chi connectivity index (χ2v) is 11.1. The number of hydrogen-bond donors (Lipinski definition) is 3. The third-order valence-electron chi connectivity index (χ3n) is 7.39. The standard InChI is InChI=1S/C27H28ClF5N10O2/c1-14-8-15(12-34)9-16(10-21(44)38-17-4-2-5-17)22(14)39-24(45)20-11-18(41-43(20)23-19(28)6-3-7-36-23)13-37-42-40-25(35)26(29,30)27(31,32)33/h3,6-9,16-17,20,22H,2,4-5,10-11,13H2,1H3,(H,38,44)(H,39,45)(H2,35,37,40). The van der Waals surface area contributed by atoms with Crippen molar-refractivity contribution in [3.63, 3.8) is 0 Å². The van der Waals surface area contributed by atoms with Crippen LogP contribution in [-0.2, 0) is 9.59 Å². The second-order valence-electron chi connectivity index (χ2n) is 10.7. The zero-order chi connectivity index (χ0) is 32.9. The zero-order valence-electron chi connectivity index (χ0n) is 23.7. The largest absolute Gasteiger partial charge is 0.461 e. The topological polar surface area (TPSA) is 174 Å². The molecule has 0 radical (unpaired) electrons. The van der Waals surface area contributed by atoms with Gasteiger partial charge in [0.1, 0.15) is 12.6 Å². The molecule has 3 unspecified atom stereocenters. The maximum Gasteiger partial charge on any atom is 0.461 e. The first-order valence-electron chi connectivity index (χ1n) is 13.7. The Morgan fingerprint density at radius 2 is 1.98 bits per heavy atom. The molecule has 3 atom stereocenters. The normalized spacial score (nSPS) is 22.7. The Kier molecular flexibility index (Phi) is 10.2. The maximum atomic E-state index is 13.7. The van der Waals surface area contributed by atoms with Crippen LogP contribution in [0.5, 0.6) is 0 Å². The number of amides is 2. The molecule has 45 heavy (non-hydrogen) atoms. The van der Waals surface area contributed by atoms with Gasteiger partial charge in [-0.2, -0.15) is 37.4 Å². The van der Waals surface area contributed by atoms with Crippen molar-refractivity contribution < 1.29 is 31.5 Å². The van der Waals surface area contributed by atoms with Crippen LogP contribution in [0.25, 0.3) is 0 Å². The van der Waals surface area contributed by atoms with Crippen LogP contribution < -0.4 is 21.4 Å². The summed E-state index contributed by atoms with van der Waals surface area (Å²) in [5.74, 6) is -8.67. The number of halogens is 6. The number of carbonyl (C=O) groups excluding carboxylic acids is 2. The van der Waals surface area contributed by atoms with E-state index in [0.717, 1.165) is 19.3 Å². The van der Waals surface area contributed by atoms with E-state index in [1.165, 1.54) is 17.3 Å². The molecule has 1 saturated carbocycles. The number of nitriles is 1. The lowest BCUT2D eigenvalue weighted by atomic mass is 9.83. The summed E-state index contributed by atoms with van der Waals surface area (Å²) in [6.07, 6.45) is 1.46. The Bertz CT molecular complexity index is 1510. The van der Waals surface area contributed by atoms with Crippen LogP contribution in [0.15, 0.2) is 62.2 Å². The molecule has 1 aliphatic heterocycles. The number of carbonyl (C=O) groups is 2. The van der Waals surface area contributed by atoms with Gasteiger partial charge < -0.3 is 16.4 Å². The highest BCUT2D eigenvalue weighted by molar-refractivity contribution is 6.33. The minimum atomic E-state index is -5.97. The number of alkyl halides is 5. The molecule has 1 aromatic heterocycles. The summed E-state index contributed by atoms with van der Waals surface area (Å²) in [6.45, 7) is 1.30. The average molecular weight is 655 g/mol. The summed E-state index contributed by atoms with van der Waals surface area (Å²) in [5, 5.41) is 30.2. The van der Waals surface area contributed by atoms with E-state index >= 15 is 0 Å². The first-order valence-corrected chi connectivity index (χ1v) is 14.1. The number of hydrazone groups is 1. The lowest BCUT2D eigenvalue weighted by molar-refractivity contribution is -0.249. The molecule has 0 spiro atoms. The molecule has 18 heteroatoms. The van der Waals surface area contributed by atoms with Crippen LogP contribution in [0.3, 0.4) is 0 Å². The van der Waals surface area contributed by atoms with Gasteiger partial charge >= 0.3 is 12.1 Å². The van der Waals surface area contributed by atoms with Gasteiger partial charge in [-0.1, -0.05) is 17.7 Å². The Morgan fingerprint density at radius 3 is 2.60 bits per heavy atom. The minimum absolute atomic E-state index is 0.0252. The predicted molar refractivity (Wildman–Crippen MR) is 153 cm³/mol. The van der Waals surface area contributed by atoms with Crippen molar-refractivity contribution in [3.05, 3.63) is 46.7 Å². The number of rotatable bonds is 10. The van der Waals surface area contributed by atoms with Crippen LogP contribution in [0, 0.1) is 17.2 Å². The predicted octanol–water partition coefficient (Wildman–Crippen LogP) is 4.16. The summed E-state index contributed by atoms with van der Waals surface area (Å²) in [4.78, 5) is 30.7. The van der Waals surface area contributed by atoms with E-state index < -0.39 is 48.4 Å². The minimum Gasteiger partial charge on any atom is -0.380 e. The lowest BCUT2D eigenvalue weighted by Gasteiger charge is -2.33. The molecule has 1 aromatic rings. The van der Waals surface area contributed by atoms with Crippen molar-refractivity contribution in [3.8, 4) is 6.07 Å². The van der Waals surface area contributed by atoms with Gasteiger partial charge in [0, 0.05) is 36.6 Å². The van der Waals surface area contributed by atoms with Gasteiger partial charge in [-0.3, -0.25) is 9.59 Å². The number of nitrogens with zero attached hydrogens (tertiary/aromatic N) is 7. The Hall–Kier alpha value is -4.46. The third-order valence-corrected chi connectivity index (χ3v) is 7.69. The van der Waals surface area contributed by atoms with Crippen LogP contribution in [0.2, 0.25) is 5.02 Å². The fourth-order valence-corrected chi connectivity index (χ4v) is 5.04. The fourth-order valence-electron chi connectivity index (χ4n) is 4.83. The molecule has 2 heterocycles. The van der Waals surface area contributed by atoms with Crippen molar-refractivity contribution in [2.45, 2.75) is 69.3 Å². The number of amidine groups is 1. The summed E-state index contributed by atoms with van der Waals surface area (Å²) in [5.41, 5.74) is 5.94. The molecule has 4 rings (SSSR count). The third kappa shape index (κ3) is 7.80. The van der Waals surface area contributed by atoms with E-state index in [9.17, 15) is 36.8 Å². The molecule has 1 fully saturated rings. The van der Waals surface area contributed by atoms with Crippen LogP contribution in [-0.4, -0.2) is 65.1 Å². The van der Waals surface area contributed by atoms with Gasteiger partial charge in [-0.15, -0.1) is 5.10 Å². The molecule has 4 N–H and O–H groups in total. The van der Waals surface area contributed by atoms with Crippen molar-refractivity contribution in [2.24, 2.45) is 32.2 Å². The van der Waals surface area contributed by atoms with Gasteiger partial charge in [0.25, 0.3) is 0 Å². The molecule has 3 aliphatic rings. The Balaban J connectivity index is 1.52. The highest BCUT2D eigenvalue weighted by Gasteiger charge is 2.61. The molecule has 0 saturated heterocycles. The summed E-state index contributed by atoms with van der Waals surface area (Å²) in [6, 6.07) is 3.55. The van der Waals surface area contributed by atoms with E-state index in [1.807, 2.05) is 0 Å². The Morgan fingerprint density at radius 1 is 1.24 bits per heavy atom. The molecule has 2 aliphatic carbocycles. The number of nitrogens with two attached hydrogens (primary N) is 1. The van der Waals surface area contributed by atoms with Crippen molar-refractivity contribution in [2.75, 3.05) is 11.6 Å². The number of hydrogen-bond acceptors (Lipinski definition) is 8. The zero-order valence-corrected chi connectivity index (χ0v) is 24.5. The molecular formula is C27H28ClF5N10O2. The lowest BCUT2D eigenvalue weighted by Crippen LogP contribution is -2.51. The van der Waals surface area contributed by atoms with Crippen molar-refractivity contribution in [1.82, 2.24) is 15.6 Å². The van der Waals surface area contributed by atoms with Crippen molar-refractivity contribution in [1.29, 1.82) is 5.26 Å². The van der Waals surface area contributed by atoms with Gasteiger partial charge in [-0.25, -0.2) is 9.99 Å². The number of pyridine rings is 1. The van der Waals surface area contributed by atoms with E-state index in [0.29, 0.717) is 11.1 Å². The maximum absolute atomic E-state index is 13.7. The quantitative estimate of drug-likeness (QED) is 0.112. The average Bonchev–Trinajstić information content (AvgIpc) is 3.38. The SMILES string of the molecule is CC1=CC(C#N)=CC(CC(=O)NC2CCC2)C1NC(=O)C1CC(CN=NN=C(N)C(F)(F)C(F)(F)F)=NN1c1ncccc1Cl. The molecular weight excluding hydrogens is 627 g/mol. The van der Waals surface area contributed by atoms with Gasteiger partial charge in [0.15, 0.2) is 5.82 Å². The molecule has 0 bridgehead atoms. The number of aromatic nitrogens is 1. The van der Waals surface area contributed by atoms with E-state index in [-0.39, 0.29) is 41.3 Å². The summed E-state index contributed by atoms with van der Waals surface area (Å²) >= 11 is 6.32. The number of anilines is 1. The first-order chi connectivity index (χ1) is 21.2. The molecule has 12 nitrogen and oxygen atoms in total. The van der Waals surface area contributed by atoms with E-state index in [2.05, 4.69) is 42.2 Å². The Labute approximate surface area is 259 Å². The molecule has 0 aromatic carbocycles. The highest BCUT2D eigenvalue weighted by Crippen LogP contribution is 2.35. The van der Waals surface area contributed by atoms with Crippen LogP contribution in [0.4, 0.5) is 27.8 Å². The smallest absolute Gasteiger partial charge is 0.380 e. The van der Waals surface area contributed by atoms with Crippen LogP contribution >= 0.6 is 11.6 Å². The summed E-state index contributed by atoms with van der Waals surface area (Å²) in [7, 11) is 0. The van der Waals surface area contributed by atoms with E-state index in [4.69, 9.17) is 17.3 Å². The monoisotopic (exact) mass is 654 g/mol. The van der Waals surface area contributed by atoms with Crippen LogP contribution in [0.1, 0.15) is 39.0 Å². The summed E-state index contributed by atoms with van der Waals surface area (Å²) < 4.78 is 64.0. The number of allylic oxidation sites excluding steroid dienone is 2. The fraction of sp³-hybridized carbons (Fsp3) is 0.481. The van der Waals surface area contributed by atoms with E-state index in [1.54, 1.807) is 25.1 Å². The first kappa shape index (κ1) is 33.4. The highest BCUT2D eigenvalue weighted by atomic mass is 35.5. The molecule has 240 valence electrons. The second kappa shape index (κ2) is 13.7. The van der Waals surface area contributed by atoms with Gasteiger partial charge in [0.2, 0.25) is 17.6 Å². The number of nitrogens with one attached hydrogen (secondary N) is 2. The molecule has 2 amide bonds. The van der Waals surface area contributed by atoms with Crippen molar-refractivity contribution >= 4 is 40.8 Å². The van der Waals surface area contributed by atoms with Gasteiger partial charge in [-0.05, 0) is 55.2 Å². The van der Waals surface area contributed by atoms with Gasteiger partial charge in [0.05, 0.1) is 22.8 Å².